The number of nitrogens with zero attached hydrogens (tertiary/aromatic N) is 1. The minimum absolute atomic E-state index is 0.335. The second kappa shape index (κ2) is 5.99. The summed E-state index contributed by atoms with van der Waals surface area (Å²) >= 11 is 0. The Bertz CT molecular complexity index is 486. The summed E-state index contributed by atoms with van der Waals surface area (Å²) in [6.45, 7) is 5.29. The van der Waals surface area contributed by atoms with Gasteiger partial charge in [0.15, 0.2) is 0 Å². The number of anilines is 1. The molecule has 1 rings (SSSR count). The highest BCUT2D eigenvalue weighted by Crippen LogP contribution is 2.11. The van der Waals surface area contributed by atoms with Gasteiger partial charge in [0.05, 0.1) is 0 Å². The van der Waals surface area contributed by atoms with Crippen molar-refractivity contribution in [3.8, 4) is 0 Å². The third-order valence-electron chi connectivity index (χ3n) is 1.83. The van der Waals surface area contributed by atoms with E-state index in [1.165, 1.54) is 12.3 Å². The standard InChI is InChI=1S/C13H16N2O4/c1-13(2,3)19-12(18)15-10-6-4-9(8-14-10)5-7-11(16)17/h4-8H,1-3H3,(H,16,17)(H,14,15,18)/b7-5+. The van der Waals surface area contributed by atoms with Crippen molar-refractivity contribution in [2.45, 2.75) is 26.4 Å². The SMILES string of the molecule is CC(C)(C)OC(=O)Nc1ccc(/C=C/C(=O)O)cn1. The first-order chi connectivity index (χ1) is 8.76. The third kappa shape index (κ3) is 6.21. The third-order valence-corrected chi connectivity index (χ3v) is 1.83. The summed E-state index contributed by atoms with van der Waals surface area (Å²) in [6.07, 6.45) is 3.28. The Morgan fingerprint density at radius 3 is 2.53 bits per heavy atom. The van der Waals surface area contributed by atoms with Gasteiger partial charge in [0.25, 0.3) is 0 Å². The zero-order chi connectivity index (χ0) is 14.5. The number of nitrogens with one attached hydrogen (secondary N) is 1. The molecule has 0 aliphatic heterocycles. The van der Waals surface area contributed by atoms with Crippen molar-refractivity contribution in [2.24, 2.45) is 0 Å². The molecule has 102 valence electrons. The lowest BCUT2D eigenvalue weighted by Crippen LogP contribution is -2.27. The van der Waals surface area contributed by atoms with Gasteiger partial charge in [-0.1, -0.05) is 0 Å². The molecule has 6 heteroatoms. The van der Waals surface area contributed by atoms with Crippen LogP contribution < -0.4 is 5.32 Å². The summed E-state index contributed by atoms with van der Waals surface area (Å²) in [4.78, 5) is 25.8. The smallest absolute Gasteiger partial charge is 0.413 e. The van der Waals surface area contributed by atoms with Crippen LogP contribution in [0.5, 0.6) is 0 Å². The van der Waals surface area contributed by atoms with E-state index in [-0.39, 0.29) is 0 Å². The molecule has 0 spiro atoms. The number of amides is 1. The fraction of sp³-hybridized carbons (Fsp3) is 0.308. The molecule has 0 aliphatic carbocycles. The number of hydrogen-bond donors (Lipinski definition) is 2. The van der Waals surface area contributed by atoms with Crippen LogP contribution in [-0.4, -0.2) is 27.8 Å². The number of carbonyl (C=O) groups is 2. The molecule has 0 saturated carbocycles. The molecule has 2 N–H and O–H groups in total. The lowest BCUT2D eigenvalue weighted by Gasteiger charge is -2.19. The fourth-order valence-electron chi connectivity index (χ4n) is 1.15. The van der Waals surface area contributed by atoms with Crippen molar-refractivity contribution in [3.63, 3.8) is 0 Å². The van der Waals surface area contributed by atoms with Gasteiger partial charge in [-0.05, 0) is 44.5 Å². The van der Waals surface area contributed by atoms with E-state index < -0.39 is 17.7 Å². The molecule has 0 aliphatic rings. The van der Waals surface area contributed by atoms with E-state index >= 15 is 0 Å². The summed E-state index contributed by atoms with van der Waals surface area (Å²) in [6, 6.07) is 3.20. The van der Waals surface area contributed by atoms with E-state index in [1.807, 2.05) is 0 Å². The van der Waals surface area contributed by atoms with Crippen LogP contribution in [-0.2, 0) is 9.53 Å². The number of pyridine rings is 1. The summed E-state index contributed by atoms with van der Waals surface area (Å²) in [7, 11) is 0. The summed E-state index contributed by atoms with van der Waals surface area (Å²) in [5, 5.41) is 11.0. The highest BCUT2D eigenvalue weighted by Gasteiger charge is 2.16. The summed E-state index contributed by atoms with van der Waals surface area (Å²) < 4.78 is 5.07. The van der Waals surface area contributed by atoms with Crippen molar-refractivity contribution in [1.82, 2.24) is 4.98 Å². The first-order valence-electron chi connectivity index (χ1n) is 5.63. The molecule has 1 amide bonds. The van der Waals surface area contributed by atoms with Crippen molar-refractivity contribution in [2.75, 3.05) is 5.32 Å². The molecule has 0 radical (unpaired) electrons. The zero-order valence-electron chi connectivity index (χ0n) is 11.0. The van der Waals surface area contributed by atoms with Crippen molar-refractivity contribution < 1.29 is 19.4 Å². The highest BCUT2D eigenvalue weighted by atomic mass is 16.6. The number of aromatic nitrogens is 1. The Labute approximate surface area is 111 Å². The average molecular weight is 264 g/mol. The van der Waals surface area contributed by atoms with Crippen LogP contribution >= 0.6 is 0 Å². The number of ether oxygens (including phenoxy) is 1. The topological polar surface area (TPSA) is 88.5 Å². The van der Waals surface area contributed by atoms with Crippen LogP contribution in [0.15, 0.2) is 24.4 Å². The van der Waals surface area contributed by atoms with Gasteiger partial charge in [0.2, 0.25) is 0 Å². The zero-order valence-corrected chi connectivity index (χ0v) is 11.0. The van der Waals surface area contributed by atoms with Crippen molar-refractivity contribution in [3.05, 3.63) is 30.0 Å². The van der Waals surface area contributed by atoms with Crippen LogP contribution in [0.4, 0.5) is 10.6 Å². The molecule has 1 aromatic heterocycles. The Hall–Kier alpha value is -2.37. The Morgan fingerprint density at radius 1 is 1.37 bits per heavy atom. The molecule has 0 atom stereocenters. The monoisotopic (exact) mass is 264 g/mol. The molecule has 0 unspecified atom stereocenters. The molecular weight excluding hydrogens is 248 g/mol. The van der Waals surface area contributed by atoms with Gasteiger partial charge < -0.3 is 9.84 Å². The summed E-state index contributed by atoms with van der Waals surface area (Å²) in [5.74, 6) is -0.697. The molecule has 0 fully saturated rings. The maximum atomic E-state index is 11.5. The second-order valence-electron chi connectivity index (χ2n) is 4.78. The van der Waals surface area contributed by atoms with Gasteiger partial charge in [-0.15, -0.1) is 0 Å². The van der Waals surface area contributed by atoms with Gasteiger partial charge in [0.1, 0.15) is 11.4 Å². The van der Waals surface area contributed by atoms with E-state index in [2.05, 4.69) is 10.3 Å². The van der Waals surface area contributed by atoms with Crippen molar-refractivity contribution in [1.29, 1.82) is 0 Å². The fourth-order valence-corrected chi connectivity index (χ4v) is 1.15. The maximum Gasteiger partial charge on any atom is 0.413 e. The Kier molecular flexibility index (Phi) is 4.63. The number of carboxylic acids is 1. The summed E-state index contributed by atoms with van der Waals surface area (Å²) in [5.41, 5.74) is 0.0472. The van der Waals surface area contributed by atoms with Gasteiger partial charge in [-0.25, -0.2) is 14.6 Å². The van der Waals surface area contributed by atoms with E-state index in [1.54, 1.807) is 32.9 Å². The van der Waals surface area contributed by atoms with E-state index in [0.29, 0.717) is 11.4 Å². The number of hydrogen-bond acceptors (Lipinski definition) is 4. The molecule has 1 aromatic rings. The number of rotatable bonds is 3. The molecule has 0 aromatic carbocycles. The molecule has 6 nitrogen and oxygen atoms in total. The first kappa shape index (κ1) is 14.7. The predicted octanol–water partition coefficient (Wildman–Crippen LogP) is 2.53. The normalized spacial score (nSPS) is 11.3. The van der Waals surface area contributed by atoms with Crippen LogP contribution in [0.25, 0.3) is 6.08 Å². The minimum atomic E-state index is -1.03. The minimum Gasteiger partial charge on any atom is -0.478 e. The van der Waals surface area contributed by atoms with E-state index in [0.717, 1.165) is 6.08 Å². The molecule has 19 heavy (non-hydrogen) atoms. The Morgan fingerprint density at radius 2 is 2.05 bits per heavy atom. The molecule has 0 saturated heterocycles. The van der Waals surface area contributed by atoms with Crippen LogP contribution in [0, 0.1) is 0 Å². The van der Waals surface area contributed by atoms with Crippen LogP contribution in [0.3, 0.4) is 0 Å². The highest BCUT2D eigenvalue weighted by molar-refractivity contribution is 5.85. The molecule has 0 bridgehead atoms. The van der Waals surface area contributed by atoms with Crippen LogP contribution in [0.1, 0.15) is 26.3 Å². The van der Waals surface area contributed by atoms with Gasteiger partial charge in [0, 0.05) is 12.3 Å². The van der Waals surface area contributed by atoms with Crippen LogP contribution in [0.2, 0.25) is 0 Å². The molecular formula is C13H16N2O4. The first-order valence-corrected chi connectivity index (χ1v) is 5.63. The second-order valence-corrected chi connectivity index (χ2v) is 4.78. The lowest BCUT2D eigenvalue weighted by atomic mass is 10.2. The lowest BCUT2D eigenvalue weighted by molar-refractivity contribution is -0.131. The van der Waals surface area contributed by atoms with Gasteiger partial charge >= 0.3 is 12.1 Å². The average Bonchev–Trinajstić information content (AvgIpc) is 2.25. The van der Waals surface area contributed by atoms with Gasteiger partial charge in [-0.3, -0.25) is 5.32 Å². The quantitative estimate of drug-likeness (QED) is 0.819. The number of carboxylic acid groups (broad SMARTS) is 1. The van der Waals surface area contributed by atoms with E-state index in [9.17, 15) is 9.59 Å². The Balaban J connectivity index is 2.62. The van der Waals surface area contributed by atoms with Gasteiger partial charge in [-0.2, -0.15) is 0 Å². The van der Waals surface area contributed by atoms with E-state index in [4.69, 9.17) is 9.84 Å². The largest absolute Gasteiger partial charge is 0.478 e. The molecule has 1 heterocycles. The number of aliphatic carboxylic acids is 1. The van der Waals surface area contributed by atoms with Crippen molar-refractivity contribution >= 4 is 24.0 Å². The predicted molar refractivity (Wildman–Crippen MR) is 70.8 cm³/mol. The number of carbonyl (C=O) groups excluding carboxylic acids is 1. The maximum absolute atomic E-state index is 11.5.